The van der Waals surface area contributed by atoms with Gasteiger partial charge in [-0.25, -0.2) is 4.39 Å². The lowest BCUT2D eigenvalue weighted by atomic mass is 10.3. The lowest BCUT2D eigenvalue weighted by Crippen LogP contribution is -1.95. The molecule has 0 bridgehead atoms. The monoisotopic (exact) mass is 102 g/mol. The molecule has 0 aromatic rings. The summed E-state index contributed by atoms with van der Waals surface area (Å²) in [7, 11) is 0. The summed E-state index contributed by atoms with van der Waals surface area (Å²) < 4.78 is 12.2. The highest BCUT2D eigenvalue weighted by Crippen LogP contribution is 2.44. The third-order valence-corrected chi connectivity index (χ3v) is 1.40. The van der Waals surface area contributed by atoms with Crippen molar-refractivity contribution in [2.45, 2.75) is 19.0 Å². The molecule has 7 heavy (non-hydrogen) atoms. The Hall–Kier alpha value is -0.400. The Balaban J connectivity index is 2.44. The topological polar surface area (TPSA) is 17.1 Å². The van der Waals surface area contributed by atoms with Crippen LogP contribution in [0.2, 0.25) is 0 Å². The first-order valence-electron chi connectivity index (χ1n) is 2.31. The van der Waals surface area contributed by atoms with E-state index in [-0.39, 0.29) is 5.92 Å². The Morgan fingerprint density at radius 3 is 2.43 bits per heavy atom. The number of aldehydes is 1. The minimum absolute atomic E-state index is 0.299. The minimum atomic E-state index is -1.15. The number of hydrogen-bond acceptors (Lipinski definition) is 1. The standard InChI is InChI=1S/C5H7FO/c1-5(6)2-4(5)3-7/h3-4H,2H2,1H3. The van der Waals surface area contributed by atoms with Gasteiger partial charge < -0.3 is 4.79 Å². The molecule has 1 saturated carbocycles. The van der Waals surface area contributed by atoms with Crippen molar-refractivity contribution in [3.8, 4) is 0 Å². The summed E-state index contributed by atoms with van der Waals surface area (Å²) >= 11 is 0. The molecular formula is C5H7FO. The molecule has 1 fully saturated rings. The zero-order valence-corrected chi connectivity index (χ0v) is 4.15. The SMILES string of the molecule is CC1(F)CC1C=O. The van der Waals surface area contributed by atoms with Gasteiger partial charge in [-0.3, -0.25) is 0 Å². The van der Waals surface area contributed by atoms with Crippen molar-refractivity contribution in [2.24, 2.45) is 5.92 Å². The molecule has 0 aromatic heterocycles. The van der Waals surface area contributed by atoms with Crippen LogP contribution >= 0.6 is 0 Å². The number of hydrogen-bond donors (Lipinski definition) is 0. The average Bonchev–Trinajstić information content (AvgIpc) is 2.13. The Labute approximate surface area is 41.5 Å². The summed E-state index contributed by atoms with van der Waals surface area (Å²) in [6.45, 7) is 1.45. The van der Waals surface area contributed by atoms with Gasteiger partial charge >= 0.3 is 0 Å². The van der Waals surface area contributed by atoms with E-state index in [0.29, 0.717) is 12.7 Å². The van der Waals surface area contributed by atoms with Gasteiger partial charge in [-0.15, -0.1) is 0 Å². The highest BCUT2D eigenvalue weighted by atomic mass is 19.1. The molecule has 40 valence electrons. The van der Waals surface area contributed by atoms with Gasteiger partial charge in [0.1, 0.15) is 12.0 Å². The van der Waals surface area contributed by atoms with Crippen LogP contribution in [0.3, 0.4) is 0 Å². The molecule has 1 aliphatic carbocycles. The maximum atomic E-state index is 12.2. The van der Waals surface area contributed by atoms with E-state index < -0.39 is 5.67 Å². The first kappa shape index (κ1) is 4.75. The van der Waals surface area contributed by atoms with Crippen molar-refractivity contribution < 1.29 is 9.18 Å². The second-order valence-corrected chi connectivity index (χ2v) is 2.22. The Morgan fingerprint density at radius 1 is 2.00 bits per heavy atom. The fourth-order valence-corrected chi connectivity index (χ4v) is 0.561. The van der Waals surface area contributed by atoms with E-state index in [9.17, 15) is 9.18 Å². The van der Waals surface area contributed by atoms with Gasteiger partial charge in [0.25, 0.3) is 0 Å². The van der Waals surface area contributed by atoms with Crippen molar-refractivity contribution in [3.63, 3.8) is 0 Å². The zero-order valence-electron chi connectivity index (χ0n) is 4.15. The van der Waals surface area contributed by atoms with Crippen molar-refractivity contribution >= 4 is 6.29 Å². The largest absolute Gasteiger partial charge is 0.303 e. The zero-order chi connectivity index (χ0) is 5.49. The van der Waals surface area contributed by atoms with Gasteiger partial charge in [0.15, 0.2) is 0 Å². The number of halogens is 1. The Morgan fingerprint density at radius 2 is 2.43 bits per heavy atom. The average molecular weight is 102 g/mol. The van der Waals surface area contributed by atoms with Gasteiger partial charge in [0.05, 0.1) is 5.92 Å². The summed E-state index contributed by atoms with van der Waals surface area (Å²) in [6.07, 6.45) is 1.11. The molecule has 2 unspecified atom stereocenters. The first-order valence-corrected chi connectivity index (χ1v) is 2.31. The van der Waals surface area contributed by atoms with Gasteiger partial charge in [-0.2, -0.15) is 0 Å². The molecule has 1 rings (SSSR count). The van der Waals surface area contributed by atoms with Crippen LogP contribution in [0.15, 0.2) is 0 Å². The molecule has 1 aliphatic rings. The fourth-order valence-electron chi connectivity index (χ4n) is 0.561. The van der Waals surface area contributed by atoms with Crippen LogP contribution in [0.1, 0.15) is 13.3 Å². The van der Waals surface area contributed by atoms with Crippen LogP contribution < -0.4 is 0 Å². The van der Waals surface area contributed by atoms with Gasteiger partial charge in [-0.1, -0.05) is 0 Å². The molecule has 0 aliphatic heterocycles. The fraction of sp³-hybridized carbons (Fsp3) is 0.800. The Kier molecular flexibility index (Phi) is 0.716. The summed E-state index contributed by atoms with van der Waals surface area (Å²) in [6, 6.07) is 0. The van der Waals surface area contributed by atoms with Gasteiger partial charge in [-0.05, 0) is 13.3 Å². The third kappa shape index (κ3) is 0.646. The molecule has 2 heteroatoms. The summed E-state index contributed by atoms with van der Waals surface area (Å²) in [5.41, 5.74) is -1.15. The molecule has 0 aromatic carbocycles. The molecule has 0 radical (unpaired) electrons. The van der Waals surface area contributed by atoms with Crippen LogP contribution in [0.25, 0.3) is 0 Å². The van der Waals surface area contributed by atoms with Crippen molar-refractivity contribution in [1.82, 2.24) is 0 Å². The lowest BCUT2D eigenvalue weighted by Gasteiger charge is -1.86. The molecule has 2 atom stereocenters. The van der Waals surface area contributed by atoms with Gasteiger partial charge in [0.2, 0.25) is 0 Å². The first-order chi connectivity index (χ1) is 3.17. The summed E-state index contributed by atoms with van der Waals surface area (Å²) in [5.74, 6) is -0.299. The van der Waals surface area contributed by atoms with Gasteiger partial charge in [0, 0.05) is 0 Å². The molecule has 0 spiro atoms. The van der Waals surface area contributed by atoms with Crippen LogP contribution in [0.5, 0.6) is 0 Å². The molecule has 1 nitrogen and oxygen atoms in total. The van der Waals surface area contributed by atoms with E-state index in [1.54, 1.807) is 0 Å². The molecule has 0 N–H and O–H groups in total. The predicted octanol–water partition coefficient (Wildman–Crippen LogP) is 0.933. The normalized spacial score (nSPS) is 48.6. The number of carbonyl (C=O) groups is 1. The van der Waals surface area contributed by atoms with Crippen molar-refractivity contribution in [3.05, 3.63) is 0 Å². The second kappa shape index (κ2) is 1.05. The molecule has 0 heterocycles. The summed E-state index contributed by atoms with van der Waals surface area (Å²) in [4.78, 5) is 9.74. The van der Waals surface area contributed by atoms with Crippen LogP contribution in [-0.4, -0.2) is 12.0 Å². The Bertz CT molecular complexity index is 98.3. The third-order valence-electron chi connectivity index (χ3n) is 1.40. The number of rotatable bonds is 1. The van der Waals surface area contributed by atoms with Crippen molar-refractivity contribution in [1.29, 1.82) is 0 Å². The lowest BCUT2D eigenvalue weighted by molar-refractivity contribution is -0.109. The predicted molar refractivity (Wildman–Crippen MR) is 23.7 cm³/mol. The van der Waals surface area contributed by atoms with E-state index in [4.69, 9.17) is 0 Å². The van der Waals surface area contributed by atoms with Crippen LogP contribution in [-0.2, 0) is 4.79 Å². The molecule has 0 saturated heterocycles. The summed E-state index contributed by atoms with van der Waals surface area (Å²) in [5, 5.41) is 0. The number of carbonyl (C=O) groups excluding carboxylic acids is 1. The minimum Gasteiger partial charge on any atom is -0.303 e. The van der Waals surface area contributed by atoms with Crippen molar-refractivity contribution in [2.75, 3.05) is 0 Å². The van der Waals surface area contributed by atoms with E-state index in [1.165, 1.54) is 6.92 Å². The molecular weight excluding hydrogens is 95.1 g/mol. The van der Waals surface area contributed by atoms with E-state index in [1.807, 2.05) is 0 Å². The maximum absolute atomic E-state index is 12.2. The second-order valence-electron chi connectivity index (χ2n) is 2.22. The smallest absolute Gasteiger partial charge is 0.126 e. The quantitative estimate of drug-likeness (QED) is 0.450. The van der Waals surface area contributed by atoms with E-state index in [0.717, 1.165) is 0 Å². The van der Waals surface area contributed by atoms with E-state index >= 15 is 0 Å². The molecule has 0 amide bonds. The van der Waals surface area contributed by atoms with Crippen LogP contribution in [0.4, 0.5) is 4.39 Å². The van der Waals surface area contributed by atoms with Crippen LogP contribution in [0, 0.1) is 5.92 Å². The number of alkyl halides is 1. The van der Waals surface area contributed by atoms with E-state index in [2.05, 4.69) is 0 Å². The highest BCUT2D eigenvalue weighted by molar-refractivity contribution is 5.60. The highest BCUT2D eigenvalue weighted by Gasteiger charge is 2.50. The maximum Gasteiger partial charge on any atom is 0.126 e.